The molecule has 0 aromatic heterocycles. The summed E-state index contributed by atoms with van der Waals surface area (Å²) in [6, 6.07) is 0.504. The van der Waals surface area contributed by atoms with Crippen LogP contribution in [0.25, 0.3) is 0 Å². The monoisotopic (exact) mass is 155 g/mol. The molecule has 0 amide bonds. The summed E-state index contributed by atoms with van der Waals surface area (Å²) >= 11 is 0. The van der Waals surface area contributed by atoms with Crippen molar-refractivity contribution in [3.05, 3.63) is 11.6 Å². The molecule has 0 aromatic carbocycles. The lowest BCUT2D eigenvalue weighted by Crippen LogP contribution is -2.19. The van der Waals surface area contributed by atoms with Gasteiger partial charge in [0.15, 0.2) is 0 Å². The van der Waals surface area contributed by atoms with Crippen LogP contribution in [0.1, 0.15) is 34.1 Å². The van der Waals surface area contributed by atoms with Crippen molar-refractivity contribution in [1.29, 1.82) is 0 Å². The number of allylic oxidation sites excluding steroid dienone is 1. The lowest BCUT2D eigenvalue weighted by molar-refractivity contribution is 0.636. The van der Waals surface area contributed by atoms with E-state index in [1.807, 2.05) is 7.05 Å². The third kappa shape index (κ3) is 4.20. The average molecular weight is 155 g/mol. The highest BCUT2D eigenvalue weighted by Crippen LogP contribution is 2.13. The standard InChI is InChI=1S/C10H21N/c1-6-8(2)9(3)7-10(4)11-5/h7-8,10-11H,6H2,1-5H3/b9-7-. The van der Waals surface area contributed by atoms with Crippen LogP contribution in [0, 0.1) is 5.92 Å². The highest BCUT2D eigenvalue weighted by Gasteiger charge is 2.01. The second-order valence-electron chi connectivity index (χ2n) is 3.30. The first kappa shape index (κ1) is 10.7. The summed E-state index contributed by atoms with van der Waals surface area (Å²) in [5.74, 6) is 0.728. The number of rotatable bonds is 4. The van der Waals surface area contributed by atoms with Crippen molar-refractivity contribution in [3.8, 4) is 0 Å². The maximum atomic E-state index is 3.20. The SMILES string of the molecule is CCC(C)/C(C)=C\C(C)NC. The van der Waals surface area contributed by atoms with Crippen LogP contribution in [0.15, 0.2) is 11.6 Å². The molecule has 2 atom stereocenters. The molecule has 0 radical (unpaired) electrons. The molecule has 0 aromatic rings. The van der Waals surface area contributed by atoms with Gasteiger partial charge in [-0.05, 0) is 33.2 Å². The van der Waals surface area contributed by atoms with Gasteiger partial charge in [-0.25, -0.2) is 0 Å². The summed E-state index contributed by atoms with van der Waals surface area (Å²) in [7, 11) is 1.99. The van der Waals surface area contributed by atoms with Crippen LogP contribution in [-0.2, 0) is 0 Å². The zero-order chi connectivity index (χ0) is 8.85. The maximum Gasteiger partial charge on any atom is 0.0221 e. The van der Waals surface area contributed by atoms with E-state index >= 15 is 0 Å². The topological polar surface area (TPSA) is 12.0 Å². The average Bonchev–Trinajstić information content (AvgIpc) is 2.02. The molecule has 1 N–H and O–H groups in total. The summed E-state index contributed by atoms with van der Waals surface area (Å²) in [5, 5.41) is 3.20. The molecule has 0 spiro atoms. The summed E-state index contributed by atoms with van der Waals surface area (Å²) in [5.41, 5.74) is 1.49. The van der Waals surface area contributed by atoms with Crippen molar-refractivity contribution in [3.63, 3.8) is 0 Å². The Hall–Kier alpha value is -0.300. The Kier molecular flexibility index (Phi) is 5.22. The fourth-order valence-corrected chi connectivity index (χ4v) is 0.964. The Bertz CT molecular complexity index is 127. The van der Waals surface area contributed by atoms with Crippen molar-refractivity contribution in [2.24, 2.45) is 5.92 Å². The van der Waals surface area contributed by atoms with Gasteiger partial charge >= 0.3 is 0 Å². The van der Waals surface area contributed by atoms with E-state index in [0.717, 1.165) is 5.92 Å². The van der Waals surface area contributed by atoms with Crippen LogP contribution in [0.5, 0.6) is 0 Å². The zero-order valence-electron chi connectivity index (χ0n) is 8.44. The molecule has 0 bridgehead atoms. The van der Waals surface area contributed by atoms with Gasteiger partial charge in [0.1, 0.15) is 0 Å². The maximum absolute atomic E-state index is 3.20. The molecule has 0 aliphatic heterocycles. The minimum atomic E-state index is 0.504. The van der Waals surface area contributed by atoms with Gasteiger partial charge in [-0.2, -0.15) is 0 Å². The molecule has 0 aliphatic rings. The summed E-state index contributed by atoms with van der Waals surface area (Å²) in [4.78, 5) is 0. The second-order valence-corrected chi connectivity index (χ2v) is 3.30. The fourth-order valence-electron chi connectivity index (χ4n) is 0.964. The van der Waals surface area contributed by atoms with E-state index in [-0.39, 0.29) is 0 Å². The predicted molar refractivity (Wildman–Crippen MR) is 51.7 cm³/mol. The number of hydrogen-bond donors (Lipinski definition) is 1. The quantitative estimate of drug-likeness (QED) is 0.615. The number of hydrogen-bond acceptors (Lipinski definition) is 1. The molecular formula is C10H21N. The lowest BCUT2D eigenvalue weighted by Gasteiger charge is -2.12. The molecule has 66 valence electrons. The van der Waals surface area contributed by atoms with Crippen LogP contribution in [-0.4, -0.2) is 13.1 Å². The van der Waals surface area contributed by atoms with Gasteiger partial charge in [-0.1, -0.05) is 25.5 Å². The van der Waals surface area contributed by atoms with Crippen LogP contribution in [0.4, 0.5) is 0 Å². The smallest absolute Gasteiger partial charge is 0.0221 e. The van der Waals surface area contributed by atoms with Gasteiger partial charge in [0.25, 0.3) is 0 Å². The first-order valence-electron chi connectivity index (χ1n) is 4.47. The highest BCUT2D eigenvalue weighted by atomic mass is 14.8. The minimum Gasteiger partial charge on any atom is -0.314 e. The largest absolute Gasteiger partial charge is 0.314 e. The number of likely N-dealkylation sites (N-methyl/N-ethyl adjacent to an activating group) is 1. The van der Waals surface area contributed by atoms with Crippen LogP contribution in [0.3, 0.4) is 0 Å². The van der Waals surface area contributed by atoms with Crippen molar-refractivity contribution in [1.82, 2.24) is 5.32 Å². The molecule has 0 saturated carbocycles. The van der Waals surface area contributed by atoms with Gasteiger partial charge in [0.2, 0.25) is 0 Å². The Morgan fingerprint density at radius 1 is 1.45 bits per heavy atom. The van der Waals surface area contributed by atoms with Crippen LogP contribution < -0.4 is 5.32 Å². The summed E-state index contributed by atoms with van der Waals surface area (Å²) in [6.07, 6.45) is 3.53. The van der Waals surface area contributed by atoms with Crippen molar-refractivity contribution < 1.29 is 0 Å². The van der Waals surface area contributed by atoms with Crippen molar-refractivity contribution >= 4 is 0 Å². The normalized spacial score (nSPS) is 18.1. The molecule has 0 aliphatic carbocycles. The Balaban J connectivity index is 3.98. The highest BCUT2D eigenvalue weighted by molar-refractivity contribution is 5.05. The Morgan fingerprint density at radius 2 is 2.00 bits per heavy atom. The molecule has 0 heterocycles. The van der Waals surface area contributed by atoms with E-state index in [0.29, 0.717) is 6.04 Å². The predicted octanol–water partition coefficient (Wildman–Crippen LogP) is 2.59. The van der Waals surface area contributed by atoms with Gasteiger partial charge in [0, 0.05) is 6.04 Å². The summed E-state index contributed by atoms with van der Waals surface area (Å²) in [6.45, 7) is 8.88. The Morgan fingerprint density at radius 3 is 2.36 bits per heavy atom. The molecule has 1 heteroatoms. The number of nitrogens with one attached hydrogen (secondary N) is 1. The van der Waals surface area contributed by atoms with Gasteiger partial charge in [-0.3, -0.25) is 0 Å². The molecule has 0 fully saturated rings. The van der Waals surface area contributed by atoms with Crippen molar-refractivity contribution in [2.75, 3.05) is 7.05 Å². The Labute approximate surface area is 70.9 Å². The van der Waals surface area contributed by atoms with E-state index in [9.17, 15) is 0 Å². The van der Waals surface area contributed by atoms with Gasteiger partial charge in [0.05, 0.1) is 0 Å². The van der Waals surface area contributed by atoms with E-state index in [4.69, 9.17) is 0 Å². The molecule has 0 saturated heterocycles. The summed E-state index contributed by atoms with van der Waals surface area (Å²) < 4.78 is 0. The van der Waals surface area contributed by atoms with Gasteiger partial charge < -0.3 is 5.32 Å². The van der Waals surface area contributed by atoms with Crippen molar-refractivity contribution in [2.45, 2.75) is 40.2 Å². The minimum absolute atomic E-state index is 0.504. The first-order chi connectivity index (χ1) is 5.11. The van der Waals surface area contributed by atoms with E-state index in [2.05, 4.69) is 39.1 Å². The molecule has 1 nitrogen and oxygen atoms in total. The fraction of sp³-hybridized carbons (Fsp3) is 0.800. The third-order valence-electron chi connectivity index (χ3n) is 2.36. The molecule has 0 rings (SSSR count). The zero-order valence-corrected chi connectivity index (χ0v) is 8.44. The van der Waals surface area contributed by atoms with Gasteiger partial charge in [-0.15, -0.1) is 0 Å². The lowest BCUT2D eigenvalue weighted by atomic mass is 9.98. The second kappa shape index (κ2) is 5.36. The van der Waals surface area contributed by atoms with E-state index < -0.39 is 0 Å². The van der Waals surface area contributed by atoms with Crippen LogP contribution in [0.2, 0.25) is 0 Å². The first-order valence-corrected chi connectivity index (χ1v) is 4.47. The molecule has 2 unspecified atom stereocenters. The molecule has 11 heavy (non-hydrogen) atoms. The van der Waals surface area contributed by atoms with E-state index in [1.54, 1.807) is 0 Å². The molecular weight excluding hydrogens is 134 g/mol. The third-order valence-corrected chi connectivity index (χ3v) is 2.36. The van der Waals surface area contributed by atoms with Crippen LogP contribution >= 0.6 is 0 Å². The van der Waals surface area contributed by atoms with E-state index in [1.165, 1.54) is 12.0 Å².